The molecule has 2 rings (SSSR count). The Morgan fingerprint density at radius 1 is 1.52 bits per heavy atom. The zero-order chi connectivity index (χ0) is 15.2. The summed E-state index contributed by atoms with van der Waals surface area (Å²) in [4.78, 5) is 15.4. The number of anilines is 2. The second-order valence-electron chi connectivity index (χ2n) is 5.72. The lowest BCUT2D eigenvalue weighted by Gasteiger charge is -2.31. The van der Waals surface area contributed by atoms with Crippen LogP contribution in [0.2, 0.25) is 0 Å². The molecular formula is C16H25N3OS. The molecule has 2 amide bonds. The van der Waals surface area contributed by atoms with E-state index in [1.165, 1.54) is 6.42 Å². The van der Waals surface area contributed by atoms with E-state index in [1.807, 2.05) is 23.1 Å². The topological polar surface area (TPSA) is 58.4 Å². The Labute approximate surface area is 131 Å². The van der Waals surface area contributed by atoms with Gasteiger partial charge in [0.15, 0.2) is 0 Å². The van der Waals surface area contributed by atoms with Crippen molar-refractivity contribution in [1.82, 2.24) is 4.90 Å². The van der Waals surface area contributed by atoms with Crippen LogP contribution >= 0.6 is 11.8 Å². The van der Waals surface area contributed by atoms with E-state index in [-0.39, 0.29) is 6.03 Å². The summed E-state index contributed by atoms with van der Waals surface area (Å²) in [5.41, 5.74) is 7.32. The molecule has 21 heavy (non-hydrogen) atoms. The smallest absolute Gasteiger partial charge is 0.321 e. The molecule has 0 bridgehead atoms. The van der Waals surface area contributed by atoms with Gasteiger partial charge in [-0.15, -0.1) is 11.8 Å². The van der Waals surface area contributed by atoms with Crippen molar-refractivity contribution in [1.29, 1.82) is 0 Å². The number of carbonyl (C=O) groups excluding carboxylic acids is 1. The first-order chi connectivity index (χ1) is 10.1. The van der Waals surface area contributed by atoms with Gasteiger partial charge < -0.3 is 16.0 Å². The molecule has 1 atom stereocenters. The number of hydrogen-bond donors (Lipinski definition) is 2. The van der Waals surface area contributed by atoms with E-state index in [0.29, 0.717) is 11.6 Å². The van der Waals surface area contributed by atoms with Gasteiger partial charge in [0.2, 0.25) is 0 Å². The second-order valence-corrected chi connectivity index (χ2v) is 6.89. The molecule has 0 radical (unpaired) electrons. The Morgan fingerprint density at radius 2 is 2.33 bits per heavy atom. The molecule has 1 fully saturated rings. The molecule has 116 valence electrons. The number of nitrogens with two attached hydrogens (primary N) is 1. The number of nitrogens with one attached hydrogen (secondary N) is 1. The first-order valence-corrected chi connectivity index (χ1v) is 8.67. The van der Waals surface area contributed by atoms with Crippen LogP contribution in [0.25, 0.3) is 0 Å². The van der Waals surface area contributed by atoms with Gasteiger partial charge in [0.25, 0.3) is 0 Å². The van der Waals surface area contributed by atoms with Gasteiger partial charge >= 0.3 is 6.03 Å². The molecule has 1 aliphatic heterocycles. The third kappa shape index (κ3) is 4.56. The predicted octanol–water partition coefficient (Wildman–Crippen LogP) is 4.03. The minimum Gasteiger partial charge on any atom is -0.397 e. The highest BCUT2D eigenvalue weighted by atomic mass is 32.2. The molecule has 0 aliphatic carbocycles. The standard InChI is InChI=1S/C16H25N3OS/c1-3-9-21-13-6-7-14(17)15(10-13)18-16(20)19-8-4-5-12(2)11-19/h6-7,10,12H,3-5,8-9,11,17H2,1-2H3,(H,18,20). The summed E-state index contributed by atoms with van der Waals surface area (Å²) >= 11 is 1.79. The van der Waals surface area contributed by atoms with Crippen molar-refractivity contribution in [2.75, 3.05) is 29.9 Å². The summed E-state index contributed by atoms with van der Waals surface area (Å²) in [6.07, 6.45) is 3.41. The number of urea groups is 1. The number of rotatable bonds is 4. The Bertz CT molecular complexity index is 492. The van der Waals surface area contributed by atoms with E-state index in [0.717, 1.165) is 42.3 Å². The number of benzene rings is 1. The Hall–Kier alpha value is -1.36. The van der Waals surface area contributed by atoms with E-state index < -0.39 is 0 Å². The average Bonchev–Trinajstić information content (AvgIpc) is 2.48. The van der Waals surface area contributed by atoms with Crippen LogP contribution in [0.5, 0.6) is 0 Å². The molecule has 1 saturated heterocycles. The number of likely N-dealkylation sites (tertiary alicyclic amines) is 1. The second kappa shape index (κ2) is 7.59. The highest BCUT2D eigenvalue weighted by molar-refractivity contribution is 7.99. The quantitative estimate of drug-likeness (QED) is 0.652. The molecule has 1 heterocycles. The lowest BCUT2D eigenvalue weighted by Crippen LogP contribution is -2.41. The van der Waals surface area contributed by atoms with Crippen LogP contribution in [0.15, 0.2) is 23.1 Å². The molecular weight excluding hydrogens is 282 g/mol. The molecule has 4 nitrogen and oxygen atoms in total. The minimum atomic E-state index is -0.0362. The van der Waals surface area contributed by atoms with Crippen molar-refractivity contribution in [3.8, 4) is 0 Å². The van der Waals surface area contributed by atoms with E-state index >= 15 is 0 Å². The molecule has 1 aliphatic rings. The highest BCUT2D eigenvalue weighted by Crippen LogP contribution is 2.27. The number of nitrogen functional groups attached to an aromatic ring is 1. The molecule has 0 spiro atoms. The van der Waals surface area contributed by atoms with Crippen molar-refractivity contribution >= 4 is 29.2 Å². The number of thioether (sulfide) groups is 1. The van der Waals surface area contributed by atoms with Gasteiger partial charge in [-0.05, 0) is 49.1 Å². The molecule has 0 aromatic heterocycles. The van der Waals surface area contributed by atoms with Crippen molar-refractivity contribution in [3.05, 3.63) is 18.2 Å². The maximum atomic E-state index is 12.3. The fraction of sp³-hybridized carbons (Fsp3) is 0.562. The van der Waals surface area contributed by atoms with Crippen LogP contribution in [-0.2, 0) is 0 Å². The molecule has 5 heteroatoms. The van der Waals surface area contributed by atoms with Gasteiger partial charge in [0, 0.05) is 18.0 Å². The molecule has 1 unspecified atom stereocenters. The number of piperidine rings is 1. The van der Waals surface area contributed by atoms with Crippen LogP contribution in [0.4, 0.5) is 16.2 Å². The molecule has 3 N–H and O–H groups in total. The Balaban J connectivity index is 2.02. The summed E-state index contributed by atoms with van der Waals surface area (Å²) in [7, 11) is 0. The highest BCUT2D eigenvalue weighted by Gasteiger charge is 2.21. The van der Waals surface area contributed by atoms with Gasteiger partial charge in [0.05, 0.1) is 11.4 Å². The van der Waals surface area contributed by atoms with Crippen molar-refractivity contribution < 1.29 is 4.79 Å². The first kappa shape index (κ1) is 16.0. The Morgan fingerprint density at radius 3 is 3.05 bits per heavy atom. The van der Waals surface area contributed by atoms with Crippen molar-refractivity contribution in [3.63, 3.8) is 0 Å². The summed E-state index contributed by atoms with van der Waals surface area (Å²) in [6, 6.07) is 5.81. The largest absolute Gasteiger partial charge is 0.397 e. The minimum absolute atomic E-state index is 0.0362. The van der Waals surface area contributed by atoms with Crippen LogP contribution in [0.3, 0.4) is 0 Å². The maximum absolute atomic E-state index is 12.3. The van der Waals surface area contributed by atoms with Crippen LogP contribution in [0.1, 0.15) is 33.1 Å². The number of amides is 2. The zero-order valence-corrected chi connectivity index (χ0v) is 13.7. The van der Waals surface area contributed by atoms with Crippen LogP contribution < -0.4 is 11.1 Å². The summed E-state index contributed by atoms with van der Waals surface area (Å²) in [5.74, 6) is 1.65. The Kier molecular flexibility index (Phi) is 5.79. The summed E-state index contributed by atoms with van der Waals surface area (Å²) in [5, 5.41) is 2.97. The van der Waals surface area contributed by atoms with Crippen LogP contribution in [-0.4, -0.2) is 29.8 Å². The van der Waals surface area contributed by atoms with Crippen molar-refractivity contribution in [2.45, 2.75) is 38.0 Å². The molecule has 1 aromatic carbocycles. The third-order valence-electron chi connectivity index (χ3n) is 3.68. The van der Waals surface area contributed by atoms with Gasteiger partial charge in [-0.25, -0.2) is 4.79 Å². The lowest BCUT2D eigenvalue weighted by molar-refractivity contribution is 0.182. The van der Waals surface area contributed by atoms with E-state index in [2.05, 4.69) is 19.2 Å². The fourth-order valence-electron chi connectivity index (χ4n) is 2.52. The molecule has 1 aromatic rings. The van der Waals surface area contributed by atoms with E-state index in [1.54, 1.807) is 11.8 Å². The van der Waals surface area contributed by atoms with Crippen LogP contribution in [0, 0.1) is 5.92 Å². The number of carbonyl (C=O) groups is 1. The first-order valence-electron chi connectivity index (χ1n) is 7.68. The van der Waals surface area contributed by atoms with Crippen molar-refractivity contribution in [2.24, 2.45) is 5.92 Å². The molecule has 0 saturated carbocycles. The monoisotopic (exact) mass is 307 g/mol. The zero-order valence-electron chi connectivity index (χ0n) is 12.9. The summed E-state index contributed by atoms with van der Waals surface area (Å²) in [6.45, 7) is 6.01. The lowest BCUT2D eigenvalue weighted by atomic mass is 10.0. The maximum Gasteiger partial charge on any atom is 0.321 e. The van der Waals surface area contributed by atoms with E-state index in [9.17, 15) is 4.79 Å². The number of hydrogen-bond acceptors (Lipinski definition) is 3. The summed E-state index contributed by atoms with van der Waals surface area (Å²) < 4.78 is 0. The fourth-order valence-corrected chi connectivity index (χ4v) is 3.33. The van der Waals surface area contributed by atoms with Gasteiger partial charge in [-0.2, -0.15) is 0 Å². The van der Waals surface area contributed by atoms with Gasteiger partial charge in [0.1, 0.15) is 0 Å². The van der Waals surface area contributed by atoms with Gasteiger partial charge in [-0.1, -0.05) is 13.8 Å². The SMILES string of the molecule is CCCSc1ccc(N)c(NC(=O)N2CCCC(C)C2)c1. The van der Waals surface area contributed by atoms with Gasteiger partial charge in [-0.3, -0.25) is 0 Å². The predicted molar refractivity (Wildman–Crippen MR) is 90.9 cm³/mol. The number of nitrogens with zero attached hydrogens (tertiary/aromatic N) is 1. The third-order valence-corrected chi connectivity index (χ3v) is 4.88. The average molecular weight is 307 g/mol. The normalized spacial score (nSPS) is 18.6. The van der Waals surface area contributed by atoms with E-state index in [4.69, 9.17) is 5.73 Å².